The van der Waals surface area contributed by atoms with Crippen LogP contribution >= 0.6 is 0 Å². The average molecular weight is 285 g/mol. The Morgan fingerprint density at radius 2 is 1.74 bits per heavy atom. The summed E-state index contributed by atoms with van der Waals surface area (Å²) >= 11 is 0. The van der Waals surface area contributed by atoms with E-state index in [0.717, 1.165) is 9.99 Å². The number of nitrogens with zero attached hydrogens (tertiary/aromatic N) is 5. The molecule has 0 saturated carbocycles. The van der Waals surface area contributed by atoms with Crippen molar-refractivity contribution in [1.29, 1.82) is 0 Å². The molecule has 0 bridgehead atoms. The van der Waals surface area contributed by atoms with Crippen LogP contribution in [-0.2, 0) is 10.2 Å². The first kappa shape index (κ1) is 13.6. The standard InChI is InChI=1S/C10H12FN5O2S/c11-9-1-3-10(4-2-9)15-5-7-16(8-6-15)19(17,18)14-13-12/h1-4H,5-8H2. The monoisotopic (exact) mass is 285 g/mol. The lowest BCUT2D eigenvalue weighted by Crippen LogP contribution is -2.48. The van der Waals surface area contributed by atoms with Crippen molar-refractivity contribution < 1.29 is 12.8 Å². The third kappa shape index (κ3) is 3.14. The number of anilines is 1. The largest absolute Gasteiger partial charge is 0.369 e. The van der Waals surface area contributed by atoms with Gasteiger partial charge in [-0.3, -0.25) is 0 Å². The van der Waals surface area contributed by atoms with E-state index in [9.17, 15) is 12.8 Å². The van der Waals surface area contributed by atoms with Crippen LogP contribution in [0.1, 0.15) is 0 Å². The van der Waals surface area contributed by atoms with Crippen LogP contribution in [0.5, 0.6) is 0 Å². The summed E-state index contributed by atoms with van der Waals surface area (Å²) in [5.41, 5.74) is 9.03. The van der Waals surface area contributed by atoms with Crippen molar-refractivity contribution >= 4 is 15.9 Å². The smallest absolute Gasteiger partial charge is 0.302 e. The van der Waals surface area contributed by atoms with E-state index in [-0.39, 0.29) is 18.9 Å². The molecule has 0 amide bonds. The molecular weight excluding hydrogens is 273 g/mol. The Hall–Kier alpha value is -1.83. The molecule has 1 aliphatic rings. The number of hydrogen-bond acceptors (Lipinski definition) is 3. The quantitative estimate of drug-likeness (QED) is 0.479. The van der Waals surface area contributed by atoms with E-state index in [2.05, 4.69) is 9.43 Å². The van der Waals surface area contributed by atoms with Gasteiger partial charge in [-0.2, -0.15) is 4.31 Å². The fourth-order valence-corrected chi connectivity index (χ4v) is 2.75. The number of hydrogen-bond donors (Lipinski definition) is 0. The predicted molar refractivity (Wildman–Crippen MR) is 68.3 cm³/mol. The summed E-state index contributed by atoms with van der Waals surface area (Å²) < 4.78 is 39.8. The molecule has 19 heavy (non-hydrogen) atoms. The van der Waals surface area contributed by atoms with Crippen LogP contribution in [0.25, 0.3) is 10.4 Å². The Labute approximate surface area is 110 Å². The predicted octanol–water partition coefficient (Wildman–Crippen LogP) is 1.50. The molecule has 1 saturated heterocycles. The number of piperazine rings is 1. The number of azide groups is 1. The van der Waals surface area contributed by atoms with Crippen molar-refractivity contribution in [2.75, 3.05) is 31.1 Å². The second kappa shape index (κ2) is 5.43. The Kier molecular flexibility index (Phi) is 3.89. The van der Waals surface area contributed by atoms with Crippen molar-refractivity contribution in [3.05, 3.63) is 40.5 Å². The van der Waals surface area contributed by atoms with Gasteiger partial charge in [0.15, 0.2) is 0 Å². The number of rotatable bonds is 3. The minimum atomic E-state index is -3.89. The SMILES string of the molecule is [N-]=[N+]=NS(=O)(=O)N1CCN(c2ccc(F)cc2)CC1. The van der Waals surface area contributed by atoms with Crippen molar-refractivity contribution in [3.8, 4) is 0 Å². The highest BCUT2D eigenvalue weighted by atomic mass is 32.2. The van der Waals surface area contributed by atoms with E-state index < -0.39 is 10.2 Å². The summed E-state index contributed by atoms with van der Waals surface area (Å²) in [6, 6.07) is 6.01. The Morgan fingerprint density at radius 3 is 2.26 bits per heavy atom. The molecule has 0 radical (unpaired) electrons. The summed E-state index contributed by atoms with van der Waals surface area (Å²) in [5, 5.41) is 0. The highest BCUT2D eigenvalue weighted by Crippen LogP contribution is 2.18. The van der Waals surface area contributed by atoms with E-state index in [1.807, 2.05) is 4.90 Å². The zero-order chi connectivity index (χ0) is 13.9. The summed E-state index contributed by atoms with van der Waals surface area (Å²) in [6.45, 7) is 1.40. The average Bonchev–Trinajstić information content (AvgIpc) is 2.40. The van der Waals surface area contributed by atoms with Crippen molar-refractivity contribution in [3.63, 3.8) is 0 Å². The highest BCUT2D eigenvalue weighted by molar-refractivity contribution is 7.87. The fourth-order valence-electron chi connectivity index (χ4n) is 1.93. The van der Waals surface area contributed by atoms with E-state index >= 15 is 0 Å². The topological polar surface area (TPSA) is 89.4 Å². The third-order valence-electron chi connectivity index (χ3n) is 2.90. The first-order chi connectivity index (χ1) is 9.03. The summed E-state index contributed by atoms with van der Waals surface area (Å²) in [7, 11) is -3.89. The second-order valence-corrected chi connectivity index (χ2v) is 5.59. The molecular formula is C10H12FN5O2S. The lowest BCUT2D eigenvalue weighted by atomic mass is 10.2. The fraction of sp³-hybridized carbons (Fsp3) is 0.400. The van der Waals surface area contributed by atoms with Gasteiger partial charge in [0, 0.05) is 41.3 Å². The number of benzene rings is 1. The molecule has 0 N–H and O–H groups in total. The van der Waals surface area contributed by atoms with Gasteiger partial charge in [-0.15, -0.1) is 0 Å². The second-order valence-electron chi connectivity index (χ2n) is 4.01. The summed E-state index contributed by atoms with van der Waals surface area (Å²) in [5.74, 6) is -0.312. The van der Waals surface area contributed by atoms with Gasteiger partial charge < -0.3 is 4.90 Å². The van der Waals surface area contributed by atoms with Crippen LogP contribution in [0.15, 0.2) is 28.8 Å². The van der Waals surface area contributed by atoms with Gasteiger partial charge in [0.25, 0.3) is 0 Å². The molecule has 0 atom stereocenters. The Morgan fingerprint density at radius 1 is 1.16 bits per heavy atom. The zero-order valence-electron chi connectivity index (χ0n) is 9.98. The molecule has 1 aliphatic heterocycles. The van der Waals surface area contributed by atoms with Gasteiger partial charge >= 0.3 is 10.2 Å². The Bertz CT molecular complexity index is 589. The van der Waals surface area contributed by atoms with Gasteiger partial charge in [0.2, 0.25) is 0 Å². The lowest BCUT2D eigenvalue weighted by Gasteiger charge is -2.34. The number of halogens is 1. The van der Waals surface area contributed by atoms with E-state index in [1.165, 1.54) is 12.1 Å². The maximum absolute atomic E-state index is 12.8. The molecule has 0 aromatic heterocycles. The van der Waals surface area contributed by atoms with Crippen molar-refractivity contribution in [2.45, 2.75) is 0 Å². The Balaban J connectivity index is 2.03. The van der Waals surface area contributed by atoms with Gasteiger partial charge in [0.05, 0.1) is 0 Å². The maximum atomic E-state index is 12.8. The minimum absolute atomic E-state index is 0.235. The molecule has 2 rings (SSSR count). The van der Waals surface area contributed by atoms with Gasteiger partial charge in [0.1, 0.15) is 5.82 Å². The first-order valence-corrected chi connectivity index (χ1v) is 6.99. The van der Waals surface area contributed by atoms with Gasteiger partial charge in [-0.05, 0) is 29.8 Å². The van der Waals surface area contributed by atoms with Crippen molar-refractivity contribution in [2.24, 2.45) is 4.52 Å². The van der Waals surface area contributed by atoms with Crippen LogP contribution in [0, 0.1) is 5.82 Å². The molecule has 1 aromatic carbocycles. The highest BCUT2D eigenvalue weighted by Gasteiger charge is 2.26. The minimum Gasteiger partial charge on any atom is -0.369 e. The third-order valence-corrected chi connectivity index (χ3v) is 4.19. The molecule has 1 fully saturated rings. The lowest BCUT2D eigenvalue weighted by molar-refractivity contribution is 0.385. The molecule has 1 aromatic rings. The van der Waals surface area contributed by atoms with E-state index in [0.29, 0.717) is 13.1 Å². The molecule has 102 valence electrons. The molecule has 0 aliphatic carbocycles. The van der Waals surface area contributed by atoms with E-state index in [4.69, 9.17) is 5.53 Å². The summed E-state index contributed by atoms with van der Waals surface area (Å²) in [6.07, 6.45) is 0. The molecule has 7 nitrogen and oxygen atoms in total. The van der Waals surface area contributed by atoms with E-state index in [1.54, 1.807) is 12.1 Å². The van der Waals surface area contributed by atoms with Crippen LogP contribution in [-0.4, -0.2) is 38.9 Å². The summed E-state index contributed by atoms with van der Waals surface area (Å²) in [4.78, 5) is 4.26. The van der Waals surface area contributed by atoms with Gasteiger partial charge in [-0.1, -0.05) is 0 Å². The molecule has 0 spiro atoms. The normalized spacial score (nSPS) is 17.0. The maximum Gasteiger partial charge on any atom is 0.302 e. The van der Waals surface area contributed by atoms with Crippen molar-refractivity contribution in [1.82, 2.24) is 4.31 Å². The van der Waals surface area contributed by atoms with Gasteiger partial charge in [-0.25, -0.2) is 12.8 Å². The molecule has 1 heterocycles. The van der Waals surface area contributed by atoms with Crippen LogP contribution < -0.4 is 4.90 Å². The molecule has 0 unspecified atom stereocenters. The molecule has 9 heteroatoms. The first-order valence-electron chi connectivity index (χ1n) is 5.60. The van der Waals surface area contributed by atoms with Crippen LogP contribution in [0.3, 0.4) is 0 Å². The van der Waals surface area contributed by atoms with Crippen LogP contribution in [0.4, 0.5) is 10.1 Å². The van der Waals surface area contributed by atoms with Crippen LogP contribution in [0.2, 0.25) is 0 Å². The zero-order valence-corrected chi connectivity index (χ0v) is 10.8.